The third-order valence-electron chi connectivity index (χ3n) is 1.46. The number of aliphatic hydroxyl groups is 1. The average molecular weight is 185 g/mol. The molecule has 0 bridgehead atoms. The van der Waals surface area contributed by atoms with Crippen LogP contribution in [0.25, 0.3) is 0 Å². The van der Waals surface area contributed by atoms with Crippen molar-refractivity contribution in [1.82, 2.24) is 0 Å². The van der Waals surface area contributed by atoms with Gasteiger partial charge in [-0.15, -0.1) is 0 Å². The van der Waals surface area contributed by atoms with E-state index in [-0.39, 0.29) is 12.4 Å². The first kappa shape index (κ1) is 9.38. The van der Waals surface area contributed by atoms with Gasteiger partial charge < -0.3 is 9.66 Å². The highest BCUT2D eigenvalue weighted by Crippen LogP contribution is 2.06. The van der Waals surface area contributed by atoms with Crippen LogP contribution in [-0.2, 0) is 23.4 Å². The number of rotatable bonds is 3. The number of benzene rings is 1. The fourth-order valence-electron chi connectivity index (χ4n) is 0.954. The number of hydrogen-bond donors (Lipinski definition) is 1. The highest BCUT2D eigenvalue weighted by atomic mass is 32.2. The number of hydrogen-bond acceptors (Lipinski definition) is 3. The summed E-state index contributed by atoms with van der Waals surface area (Å²) in [5.41, 5.74) is 1.44. The van der Waals surface area contributed by atoms with Crippen molar-refractivity contribution in [2.24, 2.45) is 0 Å². The second kappa shape index (κ2) is 4.35. The molecule has 4 heteroatoms. The Balaban J connectivity index is 2.79. The number of aliphatic hydroxyl groups excluding tert-OH is 1. The largest absolute Gasteiger partial charge is 0.772 e. The van der Waals surface area contributed by atoms with Crippen LogP contribution in [0.2, 0.25) is 0 Å². The van der Waals surface area contributed by atoms with Crippen molar-refractivity contribution >= 4 is 11.1 Å². The minimum Gasteiger partial charge on any atom is -0.772 e. The van der Waals surface area contributed by atoms with Gasteiger partial charge in [0.1, 0.15) is 0 Å². The molecule has 0 amide bonds. The quantitative estimate of drug-likeness (QED) is 0.700. The highest BCUT2D eigenvalue weighted by molar-refractivity contribution is 7.78. The summed E-state index contributed by atoms with van der Waals surface area (Å²) in [6, 6.07) is 6.87. The molecule has 3 nitrogen and oxygen atoms in total. The Kier molecular flexibility index (Phi) is 3.40. The van der Waals surface area contributed by atoms with Gasteiger partial charge >= 0.3 is 0 Å². The maximum atomic E-state index is 10.3. The molecule has 0 fully saturated rings. The Labute approximate surface area is 73.3 Å². The van der Waals surface area contributed by atoms with Crippen LogP contribution >= 0.6 is 0 Å². The van der Waals surface area contributed by atoms with Crippen molar-refractivity contribution in [2.75, 3.05) is 0 Å². The van der Waals surface area contributed by atoms with Crippen LogP contribution < -0.4 is 0 Å². The van der Waals surface area contributed by atoms with Gasteiger partial charge in [-0.2, -0.15) is 0 Å². The van der Waals surface area contributed by atoms with Gasteiger partial charge in [-0.1, -0.05) is 35.3 Å². The Morgan fingerprint density at radius 2 is 2.08 bits per heavy atom. The van der Waals surface area contributed by atoms with Gasteiger partial charge in [-0.05, 0) is 11.1 Å². The van der Waals surface area contributed by atoms with Crippen LogP contribution in [0.15, 0.2) is 24.3 Å². The first-order valence-electron chi connectivity index (χ1n) is 3.47. The molecular formula is C8H9O3S-. The van der Waals surface area contributed by atoms with Gasteiger partial charge in [-0.25, -0.2) is 0 Å². The Bertz CT molecular complexity index is 285. The fourth-order valence-corrected chi connectivity index (χ4v) is 1.41. The van der Waals surface area contributed by atoms with Crippen molar-refractivity contribution in [3.63, 3.8) is 0 Å². The van der Waals surface area contributed by atoms with Crippen molar-refractivity contribution in [2.45, 2.75) is 12.4 Å². The minimum absolute atomic E-state index is 0.00778. The summed E-state index contributed by atoms with van der Waals surface area (Å²) >= 11 is -2.06. The lowest BCUT2D eigenvalue weighted by Crippen LogP contribution is -1.94. The van der Waals surface area contributed by atoms with Gasteiger partial charge in [0.05, 0.1) is 6.61 Å². The molecule has 1 N–H and O–H groups in total. The molecule has 0 spiro atoms. The van der Waals surface area contributed by atoms with E-state index >= 15 is 0 Å². The Morgan fingerprint density at radius 3 is 2.67 bits per heavy atom. The normalized spacial score (nSPS) is 12.8. The van der Waals surface area contributed by atoms with Crippen LogP contribution in [0.4, 0.5) is 0 Å². The molecule has 0 aliphatic carbocycles. The van der Waals surface area contributed by atoms with Crippen LogP contribution in [0.3, 0.4) is 0 Å². The third-order valence-corrected chi connectivity index (χ3v) is 2.03. The summed E-state index contributed by atoms with van der Waals surface area (Å²) in [5.74, 6) is 0.00778. The van der Waals surface area contributed by atoms with Crippen LogP contribution in [0.1, 0.15) is 11.1 Å². The smallest absolute Gasteiger partial charge is 0.0681 e. The molecule has 66 valence electrons. The van der Waals surface area contributed by atoms with Gasteiger partial charge in [0.2, 0.25) is 0 Å². The van der Waals surface area contributed by atoms with Crippen molar-refractivity contribution in [3.8, 4) is 0 Å². The van der Waals surface area contributed by atoms with E-state index in [4.69, 9.17) is 5.11 Å². The van der Waals surface area contributed by atoms with Crippen LogP contribution in [0.5, 0.6) is 0 Å². The lowest BCUT2D eigenvalue weighted by Gasteiger charge is -2.05. The molecule has 0 aliphatic rings. The van der Waals surface area contributed by atoms with Crippen molar-refractivity contribution < 1.29 is 13.9 Å². The van der Waals surface area contributed by atoms with E-state index < -0.39 is 11.1 Å². The third kappa shape index (κ3) is 2.73. The SMILES string of the molecule is O=S([O-])Cc1cccc(CO)c1. The van der Waals surface area contributed by atoms with E-state index in [0.29, 0.717) is 5.56 Å². The lowest BCUT2D eigenvalue weighted by atomic mass is 10.1. The summed E-state index contributed by atoms with van der Waals surface area (Å²) in [7, 11) is 0. The lowest BCUT2D eigenvalue weighted by molar-refractivity contribution is 0.282. The summed E-state index contributed by atoms with van der Waals surface area (Å²) in [6.07, 6.45) is 0. The standard InChI is InChI=1S/C8H10O3S/c9-5-7-2-1-3-8(4-7)6-12(10)11/h1-4,9H,5-6H2,(H,10,11)/p-1. The first-order chi connectivity index (χ1) is 5.72. The van der Waals surface area contributed by atoms with Gasteiger partial charge in [0.25, 0.3) is 0 Å². The highest BCUT2D eigenvalue weighted by Gasteiger charge is 1.94. The molecule has 1 atom stereocenters. The van der Waals surface area contributed by atoms with E-state index in [2.05, 4.69) is 0 Å². The molecule has 0 aromatic heterocycles. The molecule has 1 rings (SSSR count). The monoisotopic (exact) mass is 185 g/mol. The minimum atomic E-state index is -2.06. The molecule has 0 radical (unpaired) electrons. The maximum Gasteiger partial charge on any atom is 0.0681 e. The van der Waals surface area contributed by atoms with Crippen LogP contribution in [-0.4, -0.2) is 13.9 Å². The first-order valence-corrected chi connectivity index (χ1v) is 4.71. The van der Waals surface area contributed by atoms with E-state index in [1.54, 1.807) is 24.3 Å². The second-order valence-corrected chi connectivity index (χ2v) is 3.32. The fraction of sp³-hybridized carbons (Fsp3) is 0.250. The van der Waals surface area contributed by atoms with Gasteiger partial charge in [-0.3, -0.25) is 4.21 Å². The molecular weight excluding hydrogens is 176 g/mol. The molecule has 1 unspecified atom stereocenters. The van der Waals surface area contributed by atoms with E-state index in [9.17, 15) is 8.76 Å². The molecule has 1 aromatic carbocycles. The zero-order valence-electron chi connectivity index (χ0n) is 6.40. The predicted octanol–water partition coefficient (Wildman–Crippen LogP) is 0.558. The van der Waals surface area contributed by atoms with Gasteiger partial charge in [0, 0.05) is 5.75 Å². The zero-order valence-corrected chi connectivity index (χ0v) is 7.21. The zero-order chi connectivity index (χ0) is 8.97. The summed E-state index contributed by atoms with van der Waals surface area (Å²) in [6.45, 7) is -0.0562. The van der Waals surface area contributed by atoms with Crippen LogP contribution in [0, 0.1) is 0 Å². The Hall–Kier alpha value is -0.710. The van der Waals surface area contributed by atoms with E-state index in [0.717, 1.165) is 5.56 Å². The molecule has 0 aliphatic heterocycles. The average Bonchev–Trinajstić information content (AvgIpc) is 2.03. The van der Waals surface area contributed by atoms with Crippen molar-refractivity contribution in [1.29, 1.82) is 0 Å². The second-order valence-electron chi connectivity index (χ2n) is 2.43. The molecule has 0 heterocycles. The van der Waals surface area contributed by atoms with E-state index in [1.807, 2.05) is 0 Å². The maximum absolute atomic E-state index is 10.3. The molecule has 12 heavy (non-hydrogen) atoms. The van der Waals surface area contributed by atoms with Crippen molar-refractivity contribution in [3.05, 3.63) is 35.4 Å². The Morgan fingerprint density at radius 1 is 1.42 bits per heavy atom. The van der Waals surface area contributed by atoms with E-state index in [1.165, 1.54) is 0 Å². The summed E-state index contributed by atoms with van der Waals surface area (Å²) < 4.78 is 20.6. The topological polar surface area (TPSA) is 60.4 Å². The predicted molar refractivity (Wildman–Crippen MR) is 45.0 cm³/mol. The summed E-state index contributed by atoms with van der Waals surface area (Å²) in [4.78, 5) is 0. The van der Waals surface area contributed by atoms with Gasteiger partial charge in [0.15, 0.2) is 0 Å². The molecule has 1 aromatic rings. The summed E-state index contributed by atoms with van der Waals surface area (Å²) in [5, 5.41) is 8.74. The molecule has 0 saturated heterocycles. The molecule has 0 saturated carbocycles.